The van der Waals surface area contributed by atoms with Crippen LogP contribution >= 0.6 is 0 Å². The SMILES string of the molecule is COc1ccc(-c2cc(=O)c3c(O)cc(O)c(Cc4ccc(O)cc4)c3o2)cc1O. The highest BCUT2D eigenvalue weighted by Gasteiger charge is 2.19. The molecule has 0 atom stereocenters. The highest BCUT2D eigenvalue weighted by Crippen LogP contribution is 2.37. The first-order valence-corrected chi connectivity index (χ1v) is 9.04. The molecule has 152 valence electrons. The number of hydrogen-bond donors (Lipinski definition) is 4. The number of benzene rings is 3. The summed E-state index contributed by atoms with van der Waals surface area (Å²) in [5.74, 6) is -0.221. The van der Waals surface area contributed by atoms with Crippen LogP contribution in [0.4, 0.5) is 0 Å². The Morgan fingerprint density at radius 3 is 2.27 bits per heavy atom. The van der Waals surface area contributed by atoms with Crippen molar-refractivity contribution in [3.63, 3.8) is 0 Å². The summed E-state index contributed by atoms with van der Waals surface area (Å²) in [5.41, 5.74) is 1.03. The fourth-order valence-electron chi connectivity index (χ4n) is 3.33. The Kier molecular flexibility index (Phi) is 4.71. The molecule has 0 unspecified atom stereocenters. The van der Waals surface area contributed by atoms with E-state index in [-0.39, 0.29) is 46.1 Å². The van der Waals surface area contributed by atoms with Crippen molar-refractivity contribution in [2.45, 2.75) is 6.42 Å². The molecule has 0 aliphatic carbocycles. The van der Waals surface area contributed by atoms with Gasteiger partial charge in [0.1, 0.15) is 34.0 Å². The molecule has 7 nitrogen and oxygen atoms in total. The summed E-state index contributed by atoms with van der Waals surface area (Å²) in [6.07, 6.45) is 0.198. The second-order valence-corrected chi connectivity index (χ2v) is 6.80. The fourth-order valence-corrected chi connectivity index (χ4v) is 3.33. The van der Waals surface area contributed by atoms with Crippen LogP contribution in [-0.2, 0) is 6.42 Å². The zero-order valence-electron chi connectivity index (χ0n) is 15.9. The minimum absolute atomic E-state index is 0.0402. The van der Waals surface area contributed by atoms with Gasteiger partial charge >= 0.3 is 0 Å². The molecule has 4 N–H and O–H groups in total. The number of phenols is 4. The maximum Gasteiger partial charge on any atom is 0.197 e. The van der Waals surface area contributed by atoms with Crippen LogP contribution < -0.4 is 10.2 Å². The summed E-state index contributed by atoms with van der Waals surface area (Å²) in [6, 6.07) is 13.2. The first-order chi connectivity index (χ1) is 14.4. The molecule has 0 aliphatic rings. The summed E-state index contributed by atoms with van der Waals surface area (Å²) in [4.78, 5) is 12.7. The highest BCUT2D eigenvalue weighted by molar-refractivity contribution is 5.89. The Morgan fingerprint density at radius 2 is 1.60 bits per heavy atom. The molecule has 1 aromatic heterocycles. The van der Waals surface area contributed by atoms with E-state index in [1.807, 2.05) is 0 Å². The van der Waals surface area contributed by atoms with Gasteiger partial charge in [-0.1, -0.05) is 12.1 Å². The number of fused-ring (bicyclic) bond motifs is 1. The van der Waals surface area contributed by atoms with Gasteiger partial charge in [-0.2, -0.15) is 0 Å². The van der Waals surface area contributed by atoms with E-state index in [1.54, 1.807) is 18.2 Å². The molecule has 1 heterocycles. The predicted octanol–water partition coefficient (Wildman–Crippen LogP) is 3.88. The summed E-state index contributed by atoms with van der Waals surface area (Å²) >= 11 is 0. The van der Waals surface area contributed by atoms with Gasteiger partial charge < -0.3 is 29.6 Å². The van der Waals surface area contributed by atoms with Crippen molar-refractivity contribution in [3.05, 3.63) is 75.9 Å². The van der Waals surface area contributed by atoms with Crippen LogP contribution in [0.15, 0.2) is 63.8 Å². The van der Waals surface area contributed by atoms with E-state index in [2.05, 4.69) is 0 Å². The molecule has 0 bridgehead atoms. The third-order valence-electron chi connectivity index (χ3n) is 4.84. The van der Waals surface area contributed by atoms with Crippen LogP contribution in [0.3, 0.4) is 0 Å². The zero-order valence-corrected chi connectivity index (χ0v) is 15.9. The van der Waals surface area contributed by atoms with Gasteiger partial charge in [-0.05, 0) is 35.9 Å². The summed E-state index contributed by atoms with van der Waals surface area (Å²) in [6.45, 7) is 0. The minimum Gasteiger partial charge on any atom is -0.508 e. The molecular formula is C23H18O7. The molecule has 4 aromatic rings. The lowest BCUT2D eigenvalue weighted by atomic mass is 10.00. The van der Waals surface area contributed by atoms with Crippen LogP contribution in [0.25, 0.3) is 22.3 Å². The summed E-state index contributed by atoms with van der Waals surface area (Å²) in [7, 11) is 1.42. The molecule has 30 heavy (non-hydrogen) atoms. The van der Waals surface area contributed by atoms with Crippen LogP contribution in [0.5, 0.6) is 28.7 Å². The van der Waals surface area contributed by atoms with E-state index < -0.39 is 11.2 Å². The van der Waals surface area contributed by atoms with Gasteiger partial charge in [-0.3, -0.25) is 4.79 Å². The molecule has 0 fully saturated rings. The van der Waals surface area contributed by atoms with Gasteiger partial charge in [0.25, 0.3) is 0 Å². The molecular weight excluding hydrogens is 388 g/mol. The maximum absolute atomic E-state index is 12.7. The molecule has 7 heteroatoms. The largest absolute Gasteiger partial charge is 0.508 e. The van der Waals surface area contributed by atoms with Gasteiger partial charge in [0.05, 0.1) is 7.11 Å². The standard InChI is InChI=1S/C23H18O7/c1-29-20-7-4-13(9-17(20)26)21-11-19(28)22-18(27)10-16(25)15(23(22)30-21)8-12-2-5-14(24)6-3-12/h2-7,9-11,24-27H,8H2,1H3. The lowest BCUT2D eigenvalue weighted by Crippen LogP contribution is -2.03. The van der Waals surface area contributed by atoms with E-state index in [0.29, 0.717) is 11.1 Å². The Labute approximate surface area is 170 Å². The number of rotatable bonds is 4. The van der Waals surface area contributed by atoms with E-state index >= 15 is 0 Å². The Balaban J connectivity index is 1.92. The Bertz CT molecular complexity index is 1300. The van der Waals surface area contributed by atoms with Crippen molar-refractivity contribution in [2.75, 3.05) is 7.11 Å². The third kappa shape index (κ3) is 3.37. The second-order valence-electron chi connectivity index (χ2n) is 6.80. The molecule has 0 amide bonds. The summed E-state index contributed by atoms with van der Waals surface area (Å²) in [5, 5.41) is 40.1. The van der Waals surface area contributed by atoms with Crippen molar-refractivity contribution >= 4 is 11.0 Å². The van der Waals surface area contributed by atoms with Crippen LogP contribution in [-0.4, -0.2) is 27.5 Å². The zero-order chi connectivity index (χ0) is 21.4. The maximum atomic E-state index is 12.7. The highest BCUT2D eigenvalue weighted by atomic mass is 16.5. The van der Waals surface area contributed by atoms with Crippen molar-refractivity contribution < 1.29 is 29.6 Å². The van der Waals surface area contributed by atoms with Crippen molar-refractivity contribution in [1.29, 1.82) is 0 Å². The van der Waals surface area contributed by atoms with Crippen LogP contribution in [0, 0.1) is 0 Å². The minimum atomic E-state index is -0.494. The Hall–Kier alpha value is -4.13. The molecule has 0 saturated carbocycles. The van der Waals surface area contributed by atoms with Gasteiger partial charge in [0.2, 0.25) is 0 Å². The van der Waals surface area contributed by atoms with Crippen LogP contribution in [0.1, 0.15) is 11.1 Å². The number of ether oxygens (including phenoxy) is 1. The number of methoxy groups -OCH3 is 1. The second kappa shape index (κ2) is 7.36. The topological polar surface area (TPSA) is 120 Å². The van der Waals surface area contributed by atoms with Gasteiger partial charge in [0.15, 0.2) is 16.9 Å². The lowest BCUT2D eigenvalue weighted by molar-refractivity contribution is 0.373. The first-order valence-electron chi connectivity index (χ1n) is 9.04. The van der Waals surface area contributed by atoms with Crippen LogP contribution in [0.2, 0.25) is 0 Å². The number of phenolic OH excluding ortho intramolecular Hbond substituents is 4. The predicted molar refractivity (Wildman–Crippen MR) is 110 cm³/mol. The normalized spacial score (nSPS) is 11.0. The van der Waals surface area contributed by atoms with Crippen molar-refractivity contribution in [2.24, 2.45) is 0 Å². The number of hydrogen-bond acceptors (Lipinski definition) is 7. The van der Waals surface area contributed by atoms with E-state index in [9.17, 15) is 25.2 Å². The summed E-state index contributed by atoms with van der Waals surface area (Å²) < 4.78 is 11.0. The first kappa shape index (κ1) is 19.2. The molecule has 0 saturated heterocycles. The van der Waals surface area contributed by atoms with Crippen molar-refractivity contribution in [1.82, 2.24) is 0 Å². The fraction of sp³-hybridized carbons (Fsp3) is 0.0870. The molecule has 0 radical (unpaired) electrons. The molecule has 4 rings (SSSR count). The van der Waals surface area contributed by atoms with E-state index in [4.69, 9.17) is 9.15 Å². The molecule has 3 aromatic carbocycles. The van der Waals surface area contributed by atoms with Gasteiger partial charge in [0, 0.05) is 29.7 Å². The molecule has 0 spiro atoms. The average molecular weight is 406 g/mol. The van der Waals surface area contributed by atoms with E-state index in [1.165, 1.54) is 37.4 Å². The average Bonchev–Trinajstić information content (AvgIpc) is 2.71. The molecule has 0 aliphatic heterocycles. The monoisotopic (exact) mass is 406 g/mol. The quantitative estimate of drug-likeness (QED) is 0.406. The van der Waals surface area contributed by atoms with Crippen molar-refractivity contribution in [3.8, 4) is 40.1 Å². The lowest BCUT2D eigenvalue weighted by Gasteiger charge is -2.12. The van der Waals surface area contributed by atoms with E-state index in [0.717, 1.165) is 11.6 Å². The number of aromatic hydroxyl groups is 4. The van der Waals surface area contributed by atoms with Gasteiger partial charge in [-0.15, -0.1) is 0 Å². The third-order valence-corrected chi connectivity index (χ3v) is 4.84. The Morgan fingerprint density at radius 1 is 0.867 bits per heavy atom. The smallest absolute Gasteiger partial charge is 0.197 e. The van der Waals surface area contributed by atoms with Gasteiger partial charge in [-0.25, -0.2) is 0 Å².